The minimum atomic E-state index is 0.119. The first-order valence-electron chi connectivity index (χ1n) is 7.72. The van der Waals surface area contributed by atoms with Crippen LogP contribution >= 0.6 is 0 Å². The number of hydrogen-bond acceptors (Lipinski definition) is 2. The molecule has 2 aromatic carbocycles. The normalized spacial score (nSPS) is 14.5. The molecule has 1 aliphatic rings. The fourth-order valence-electron chi connectivity index (χ4n) is 2.92. The summed E-state index contributed by atoms with van der Waals surface area (Å²) in [6.07, 6.45) is 0. The topological polar surface area (TPSA) is 23.6 Å². The summed E-state index contributed by atoms with van der Waals surface area (Å²) in [7, 11) is 2.09. The van der Waals surface area contributed by atoms with Crippen LogP contribution in [0.15, 0.2) is 42.5 Å². The number of para-hydroxylation sites is 1. The highest BCUT2D eigenvalue weighted by Gasteiger charge is 2.22. The minimum Gasteiger partial charge on any atom is -0.373 e. The van der Waals surface area contributed by atoms with Crippen LogP contribution in [0.25, 0.3) is 0 Å². The fourth-order valence-corrected chi connectivity index (χ4v) is 2.92. The largest absolute Gasteiger partial charge is 0.373 e. The second-order valence-electron chi connectivity index (χ2n) is 6.08. The fraction of sp³-hybridized carbons (Fsp3) is 0.316. The lowest BCUT2D eigenvalue weighted by atomic mass is 10.1. The van der Waals surface area contributed by atoms with Gasteiger partial charge in [0.25, 0.3) is 5.91 Å². The Morgan fingerprint density at radius 1 is 1.00 bits per heavy atom. The van der Waals surface area contributed by atoms with Crippen molar-refractivity contribution in [2.24, 2.45) is 0 Å². The number of likely N-dealkylation sites (N-methyl/N-ethyl adjacent to an activating group) is 1. The summed E-state index contributed by atoms with van der Waals surface area (Å²) in [5.41, 5.74) is 5.60. The molecule has 1 aliphatic heterocycles. The van der Waals surface area contributed by atoms with E-state index in [0.29, 0.717) is 6.54 Å². The van der Waals surface area contributed by atoms with Crippen molar-refractivity contribution in [3.63, 3.8) is 0 Å². The van der Waals surface area contributed by atoms with E-state index in [1.165, 1.54) is 16.8 Å². The van der Waals surface area contributed by atoms with Gasteiger partial charge in [-0.2, -0.15) is 0 Å². The Morgan fingerprint density at radius 2 is 1.77 bits per heavy atom. The number of fused-ring (bicyclic) bond motifs is 1. The van der Waals surface area contributed by atoms with Gasteiger partial charge in [0.2, 0.25) is 0 Å². The van der Waals surface area contributed by atoms with E-state index in [2.05, 4.69) is 44.0 Å². The molecule has 22 heavy (non-hydrogen) atoms. The number of anilines is 1. The number of amides is 1. The zero-order valence-electron chi connectivity index (χ0n) is 13.5. The van der Waals surface area contributed by atoms with Gasteiger partial charge < -0.3 is 9.80 Å². The van der Waals surface area contributed by atoms with Gasteiger partial charge in [0, 0.05) is 37.9 Å². The molecule has 0 saturated carbocycles. The maximum atomic E-state index is 12.8. The van der Waals surface area contributed by atoms with E-state index in [1.807, 2.05) is 29.2 Å². The maximum Gasteiger partial charge on any atom is 0.254 e. The third-order valence-electron chi connectivity index (χ3n) is 4.51. The number of hydrogen-bond donors (Lipinski definition) is 0. The minimum absolute atomic E-state index is 0.119. The molecule has 1 amide bonds. The lowest BCUT2D eigenvalue weighted by Crippen LogP contribution is -2.34. The Balaban J connectivity index is 1.89. The molecule has 0 fully saturated rings. The molecule has 1 heterocycles. The molecule has 3 nitrogen and oxygen atoms in total. The number of nitrogens with zero attached hydrogens (tertiary/aromatic N) is 2. The van der Waals surface area contributed by atoms with E-state index in [9.17, 15) is 4.79 Å². The Hall–Kier alpha value is -2.29. The van der Waals surface area contributed by atoms with Crippen molar-refractivity contribution in [1.29, 1.82) is 0 Å². The molecule has 0 bridgehead atoms. The predicted molar refractivity (Wildman–Crippen MR) is 90.4 cm³/mol. The molecular formula is C19H22N2O. The second-order valence-corrected chi connectivity index (χ2v) is 6.08. The van der Waals surface area contributed by atoms with E-state index in [0.717, 1.165) is 24.2 Å². The van der Waals surface area contributed by atoms with Crippen molar-refractivity contribution in [3.05, 3.63) is 64.7 Å². The molecule has 0 spiro atoms. The van der Waals surface area contributed by atoms with E-state index in [4.69, 9.17) is 0 Å². The summed E-state index contributed by atoms with van der Waals surface area (Å²) in [6, 6.07) is 14.3. The van der Waals surface area contributed by atoms with Crippen LogP contribution in [0.3, 0.4) is 0 Å². The van der Waals surface area contributed by atoms with Crippen LogP contribution in [0.5, 0.6) is 0 Å². The van der Waals surface area contributed by atoms with Gasteiger partial charge in [-0.1, -0.05) is 24.3 Å². The Labute approximate surface area is 132 Å². The number of carbonyl (C=O) groups is 1. The molecule has 114 valence electrons. The van der Waals surface area contributed by atoms with Crippen LogP contribution in [0.2, 0.25) is 0 Å². The van der Waals surface area contributed by atoms with Crippen molar-refractivity contribution < 1.29 is 4.79 Å². The predicted octanol–water partition coefficient (Wildman–Crippen LogP) is 3.40. The molecule has 0 aromatic heterocycles. The Bertz CT molecular complexity index is 708. The maximum absolute atomic E-state index is 12.8. The quantitative estimate of drug-likeness (QED) is 0.805. The molecule has 0 saturated heterocycles. The van der Waals surface area contributed by atoms with Crippen molar-refractivity contribution >= 4 is 11.6 Å². The molecule has 3 heteroatoms. The molecule has 2 aromatic rings. The average Bonchev–Trinajstić information content (AvgIpc) is 2.69. The smallest absolute Gasteiger partial charge is 0.254 e. The number of benzene rings is 2. The third kappa shape index (κ3) is 2.71. The summed E-state index contributed by atoms with van der Waals surface area (Å²) in [4.78, 5) is 17.0. The van der Waals surface area contributed by atoms with Crippen molar-refractivity contribution in [2.45, 2.75) is 20.4 Å². The molecular weight excluding hydrogens is 272 g/mol. The zero-order valence-corrected chi connectivity index (χ0v) is 13.5. The average molecular weight is 294 g/mol. The van der Waals surface area contributed by atoms with Crippen LogP contribution in [0, 0.1) is 13.8 Å². The molecule has 0 aliphatic carbocycles. The SMILES string of the molecule is Cc1ccc(C(=O)N2CCN(C)c3ccccc3C2)cc1C. The van der Waals surface area contributed by atoms with Crippen LogP contribution in [-0.2, 0) is 6.54 Å². The summed E-state index contributed by atoms with van der Waals surface area (Å²) < 4.78 is 0. The van der Waals surface area contributed by atoms with Gasteiger partial charge in [0.05, 0.1) is 0 Å². The van der Waals surface area contributed by atoms with Gasteiger partial charge in [0.1, 0.15) is 0 Å². The van der Waals surface area contributed by atoms with Gasteiger partial charge in [0.15, 0.2) is 0 Å². The van der Waals surface area contributed by atoms with Crippen LogP contribution in [0.1, 0.15) is 27.0 Å². The third-order valence-corrected chi connectivity index (χ3v) is 4.51. The van der Waals surface area contributed by atoms with E-state index < -0.39 is 0 Å². The molecule has 0 N–H and O–H groups in total. The number of rotatable bonds is 1. The van der Waals surface area contributed by atoms with Gasteiger partial charge in [-0.05, 0) is 48.7 Å². The van der Waals surface area contributed by atoms with Crippen LogP contribution in [-0.4, -0.2) is 30.9 Å². The highest BCUT2D eigenvalue weighted by Crippen LogP contribution is 2.24. The van der Waals surface area contributed by atoms with Crippen molar-refractivity contribution in [1.82, 2.24) is 4.90 Å². The van der Waals surface area contributed by atoms with E-state index in [-0.39, 0.29) is 5.91 Å². The first-order chi connectivity index (χ1) is 10.6. The summed E-state index contributed by atoms with van der Waals surface area (Å²) in [5, 5.41) is 0. The number of aryl methyl sites for hydroxylation is 2. The first-order valence-corrected chi connectivity index (χ1v) is 7.72. The Morgan fingerprint density at radius 3 is 2.55 bits per heavy atom. The molecule has 0 unspecified atom stereocenters. The highest BCUT2D eigenvalue weighted by molar-refractivity contribution is 5.94. The van der Waals surface area contributed by atoms with Gasteiger partial charge in [-0.15, -0.1) is 0 Å². The number of carbonyl (C=O) groups excluding carboxylic acids is 1. The Kier molecular flexibility index (Phi) is 3.88. The van der Waals surface area contributed by atoms with Gasteiger partial charge in [-0.3, -0.25) is 4.79 Å². The summed E-state index contributed by atoms with van der Waals surface area (Å²) in [6.45, 7) is 6.40. The van der Waals surface area contributed by atoms with E-state index in [1.54, 1.807) is 0 Å². The zero-order chi connectivity index (χ0) is 15.7. The molecule has 0 atom stereocenters. The highest BCUT2D eigenvalue weighted by atomic mass is 16.2. The summed E-state index contributed by atoms with van der Waals surface area (Å²) in [5.74, 6) is 0.119. The monoisotopic (exact) mass is 294 g/mol. The van der Waals surface area contributed by atoms with Crippen LogP contribution in [0.4, 0.5) is 5.69 Å². The lowest BCUT2D eigenvalue weighted by Gasteiger charge is -2.21. The molecule has 3 rings (SSSR count). The van der Waals surface area contributed by atoms with Crippen LogP contribution < -0.4 is 4.90 Å². The lowest BCUT2D eigenvalue weighted by molar-refractivity contribution is 0.0751. The van der Waals surface area contributed by atoms with Gasteiger partial charge >= 0.3 is 0 Å². The van der Waals surface area contributed by atoms with Crippen molar-refractivity contribution in [2.75, 3.05) is 25.0 Å². The first kappa shape index (κ1) is 14.6. The molecule has 0 radical (unpaired) electrons. The van der Waals surface area contributed by atoms with Crippen molar-refractivity contribution in [3.8, 4) is 0 Å². The van der Waals surface area contributed by atoms with E-state index >= 15 is 0 Å². The van der Waals surface area contributed by atoms with Gasteiger partial charge in [-0.25, -0.2) is 0 Å². The second kappa shape index (κ2) is 5.84. The summed E-state index contributed by atoms with van der Waals surface area (Å²) >= 11 is 0. The standard InChI is InChI=1S/C19H22N2O/c1-14-8-9-16(12-15(14)2)19(22)21-11-10-20(3)18-7-5-4-6-17(18)13-21/h4-9,12H,10-11,13H2,1-3H3.